The summed E-state index contributed by atoms with van der Waals surface area (Å²) >= 11 is 3.33. The molecule has 0 saturated heterocycles. The first-order valence-corrected chi connectivity index (χ1v) is 7.59. The summed E-state index contributed by atoms with van der Waals surface area (Å²) in [5, 5.41) is 8.65. The van der Waals surface area contributed by atoms with Crippen LogP contribution in [-0.2, 0) is 9.59 Å². The quantitative estimate of drug-likeness (QED) is 0.776. The van der Waals surface area contributed by atoms with Crippen LogP contribution < -0.4 is 4.74 Å². The molecule has 6 heteroatoms. The molecule has 1 N–H and O–H groups in total. The molecule has 1 amide bonds. The smallest absolute Gasteiger partial charge is 0.303 e. The van der Waals surface area contributed by atoms with Crippen LogP contribution >= 0.6 is 15.9 Å². The van der Waals surface area contributed by atoms with Crippen molar-refractivity contribution in [2.45, 2.75) is 32.7 Å². The molecule has 0 aliphatic rings. The van der Waals surface area contributed by atoms with Gasteiger partial charge < -0.3 is 14.7 Å². The van der Waals surface area contributed by atoms with Gasteiger partial charge in [-0.3, -0.25) is 9.59 Å². The minimum absolute atomic E-state index is 0.0137. The van der Waals surface area contributed by atoms with Gasteiger partial charge in [0, 0.05) is 23.5 Å². The molecule has 0 bridgehead atoms. The lowest BCUT2D eigenvalue weighted by molar-refractivity contribution is -0.139. The van der Waals surface area contributed by atoms with E-state index >= 15 is 0 Å². The van der Waals surface area contributed by atoms with Crippen LogP contribution in [0.5, 0.6) is 5.75 Å². The predicted octanol–water partition coefficient (Wildman–Crippen LogP) is 2.93. The van der Waals surface area contributed by atoms with Crippen molar-refractivity contribution in [3.63, 3.8) is 0 Å². The number of amides is 1. The molecule has 0 heterocycles. The van der Waals surface area contributed by atoms with E-state index in [1.165, 1.54) is 0 Å². The van der Waals surface area contributed by atoms with E-state index in [2.05, 4.69) is 15.9 Å². The number of aliphatic carboxylic acids is 1. The van der Waals surface area contributed by atoms with E-state index in [0.29, 0.717) is 18.7 Å². The monoisotopic (exact) mass is 357 g/mol. The van der Waals surface area contributed by atoms with E-state index in [1.54, 1.807) is 17.0 Å². The SMILES string of the molecule is CC(C)N(CCCC(=O)O)C(=O)COc1ccc(Br)cc1. The summed E-state index contributed by atoms with van der Waals surface area (Å²) in [6, 6.07) is 7.25. The number of carbonyl (C=O) groups is 2. The zero-order valence-corrected chi connectivity index (χ0v) is 13.8. The maximum absolute atomic E-state index is 12.1. The number of rotatable bonds is 8. The molecule has 5 nitrogen and oxygen atoms in total. The van der Waals surface area contributed by atoms with Crippen LogP contribution in [0.2, 0.25) is 0 Å². The lowest BCUT2D eigenvalue weighted by atomic mass is 10.2. The topological polar surface area (TPSA) is 66.8 Å². The number of carbonyl (C=O) groups excluding carboxylic acids is 1. The Morgan fingerprint density at radius 1 is 1.29 bits per heavy atom. The van der Waals surface area contributed by atoms with Crippen molar-refractivity contribution >= 4 is 27.8 Å². The minimum Gasteiger partial charge on any atom is -0.484 e. The summed E-state index contributed by atoms with van der Waals surface area (Å²) in [4.78, 5) is 24.3. The van der Waals surface area contributed by atoms with Crippen molar-refractivity contribution in [2.75, 3.05) is 13.2 Å². The maximum Gasteiger partial charge on any atom is 0.303 e. The second-order valence-electron chi connectivity index (χ2n) is 4.92. The van der Waals surface area contributed by atoms with Crippen LogP contribution in [-0.4, -0.2) is 41.1 Å². The van der Waals surface area contributed by atoms with Gasteiger partial charge in [0.1, 0.15) is 5.75 Å². The highest BCUT2D eigenvalue weighted by atomic mass is 79.9. The first kappa shape index (κ1) is 17.5. The third-order valence-electron chi connectivity index (χ3n) is 2.91. The Morgan fingerprint density at radius 3 is 2.43 bits per heavy atom. The predicted molar refractivity (Wildman–Crippen MR) is 83.4 cm³/mol. The van der Waals surface area contributed by atoms with Crippen LogP contribution in [0.3, 0.4) is 0 Å². The van der Waals surface area contributed by atoms with Gasteiger partial charge in [0.25, 0.3) is 5.91 Å². The van der Waals surface area contributed by atoms with Crippen LogP contribution in [0.15, 0.2) is 28.7 Å². The van der Waals surface area contributed by atoms with Gasteiger partial charge in [0.05, 0.1) is 0 Å². The van der Waals surface area contributed by atoms with Gasteiger partial charge in [0.15, 0.2) is 6.61 Å². The number of halogens is 1. The van der Waals surface area contributed by atoms with Crippen molar-refractivity contribution < 1.29 is 19.4 Å². The van der Waals surface area contributed by atoms with Gasteiger partial charge >= 0.3 is 5.97 Å². The summed E-state index contributed by atoms with van der Waals surface area (Å²) in [6.45, 7) is 4.18. The largest absolute Gasteiger partial charge is 0.484 e. The second-order valence-corrected chi connectivity index (χ2v) is 5.84. The van der Waals surface area contributed by atoms with Crippen LogP contribution in [0.4, 0.5) is 0 Å². The Hall–Kier alpha value is -1.56. The highest BCUT2D eigenvalue weighted by molar-refractivity contribution is 9.10. The molecule has 1 rings (SSSR count). The van der Waals surface area contributed by atoms with Crippen LogP contribution in [0.1, 0.15) is 26.7 Å². The standard InChI is InChI=1S/C15H20BrNO4/c1-11(2)17(9-3-4-15(19)20)14(18)10-21-13-7-5-12(16)6-8-13/h5-8,11H,3-4,9-10H2,1-2H3,(H,19,20). The Labute approximate surface area is 133 Å². The van der Waals surface area contributed by atoms with Crippen LogP contribution in [0.25, 0.3) is 0 Å². The van der Waals surface area contributed by atoms with E-state index < -0.39 is 5.97 Å². The number of carboxylic acids is 1. The zero-order chi connectivity index (χ0) is 15.8. The molecule has 0 atom stereocenters. The number of carboxylic acid groups (broad SMARTS) is 1. The van der Waals surface area contributed by atoms with E-state index in [4.69, 9.17) is 9.84 Å². The first-order valence-electron chi connectivity index (χ1n) is 6.79. The molecule has 0 fully saturated rings. The third kappa shape index (κ3) is 6.62. The van der Waals surface area contributed by atoms with E-state index in [-0.39, 0.29) is 25.0 Å². The molecule has 1 aromatic carbocycles. The fourth-order valence-corrected chi connectivity index (χ4v) is 2.09. The Bertz CT molecular complexity index is 473. The highest BCUT2D eigenvalue weighted by Gasteiger charge is 2.17. The molecule has 0 aromatic heterocycles. The third-order valence-corrected chi connectivity index (χ3v) is 3.44. The summed E-state index contributed by atoms with van der Waals surface area (Å²) in [5.41, 5.74) is 0. The summed E-state index contributed by atoms with van der Waals surface area (Å²) in [6.07, 6.45) is 0.502. The molecule has 0 unspecified atom stereocenters. The Kier molecular flexibility index (Phi) is 7.22. The second kappa shape index (κ2) is 8.67. The normalized spacial score (nSPS) is 10.5. The number of ether oxygens (including phenoxy) is 1. The van der Waals surface area contributed by atoms with E-state index in [9.17, 15) is 9.59 Å². The molecule has 0 saturated carbocycles. The van der Waals surface area contributed by atoms with Gasteiger partial charge in [0.2, 0.25) is 0 Å². The van der Waals surface area contributed by atoms with Crippen molar-refractivity contribution in [2.24, 2.45) is 0 Å². The Balaban J connectivity index is 2.48. The van der Waals surface area contributed by atoms with Crippen LogP contribution in [0, 0.1) is 0 Å². The first-order chi connectivity index (χ1) is 9.90. The highest BCUT2D eigenvalue weighted by Crippen LogP contribution is 2.16. The lowest BCUT2D eigenvalue weighted by Crippen LogP contribution is -2.40. The van der Waals surface area contributed by atoms with Crippen molar-refractivity contribution in [1.82, 2.24) is 4.90 Å². The zero-order valence-electron chi connectivity index (χ0n) is 12.2. The summed E-state index contributed by atoms with van der Waals surface area (Å²) in [5.74, 6) is -0.364. The molecule has 1 aromatic rings. The lowest BCUT2D eigenvalue weighted by Gasteiger charge is -2.26. The van der Waals surface area contributed by atoms with Crippen molar-refractivity contribution in [3.8, 4) is 5.75 Å². The van der Waals surface area contributed by atoms with Crippen molar-refractivity contribution in [3.05, 3.63) is 28.7 Å². The Morgan fingerprint density at radius 2 is 1.90 bits per heavy atom. The van der Waals surface area contributed by atoms with Gasteiger partial charge in [-0.05, 0) is 44.5 Å². The summed E-state index contributed by atoms with van der Waals surface area (Å²) < 4.78 is 6.40. The average Bonchev–Trinajstić information content (AvgIpc) is 2.42. The van der Waals surface area contributed by atoms with Gasteiger partial charge in [-0.15, -0.1) is 0 Å². The molecule has 0 radical (unpaired) electrons. The molecular formula is C15H20BrNO4. The van der Waals surface area contributed by atoms with Gasteiger partial charge in [-0.1, -0.05) is 15.9 Å². The number of benzene rings is 1. The number of hydrogen-bond acceptors (Lipinski definition) is 3. The molecule has 116 valence electrons. The molecular weight excluding hydrogens is 338 g/mol. The van der Waals surface area contributed by atoms with E-state index in [0.717, 1.165) is 4.47 Å². The fourth-order valence-electron chi connectivity index (χ4n) is 1.83. The van der Waals surface area contributed by atoms with Crippen molar-refractivity contribution in [1.29, 1.82) is 0 Å². The molecule has 0 aliphatic heterocycles. The molecule has 0 aliphatic carbocycles. The van der Waals surface area contributed by atoms with Gasteiger partial charge in [-0.2, -0.15) is 0 Å². The number of nitrogens with zero attached hydrogens (tertiary/aromatic N) is 1. The van der Waals surface area contributed by atoms with E-state index in [1.807, 2.05) is 26.0 Å². The average molecular weight is 358 g/mol. The minimum atomic E-state index is -0.850. The summed E-state index contributed by atoms with van der Waals surface area (Å²) in [7, 11) is 0. The fraction of sp³-hybridized carbons (Fsp3) is 0.467. The molecule has 0 spiro atoms. The number of hydrogen-bond donors (Lipinski definition) is 1. The molecule has 21 heavy (non-hydrogen) atoms. The maximum atomic E-state index is 12.1. The van der Waals surface area contributed by atoms with Gasteiger partial charge in [-0.25, -0.2) is 0 Å².